The fourth-order valence-corrected chi connectivity index (χ4v) is 1.81. The van der Waals surface area contributed by atoms with E-state index in [1.165, 1.54) is 5.01 Å². The number of rotatable bonds is 5. The Bertz CT molecular complexity index is 392. The first kappa shape index (κ1) is 11.7. The molecule has 0 aromatic heterocycles. The van der Waals surface area contributed by atoms with Crippen LogP contribution in [0.25, 0.3) is 0 Å². The lowest BCUT2D eigenvalue weighted by molar-refractivity contribution is 0.138. The van der Waals surface area contributed by atoms with Gasteiger partial charge >= 0.3 is 6.09 Å². The van der Waals surface area contributed by atoms with Crippen LogP contribution in [-0.2, 0) is 4.74 Å². The first-order chi connectivity index (χ1) is 8.31. The highest BCUT2D eigenvalue weighted by atomic mass is 16.6. The lowest BCUT2D eigenvalue weighted by atomic mass is 10.0. The predicted octanol–water partition coefficient (Wildman–Crippen LogP) is 2.26. The van der Waals surface area contributed by atoms with Crippen LogP contribution in [0.5, 0.6) is 0 Å². The number of hydrogen-bond acceptors (Lipinski definition) is 3. The summed E-state index contributed by atoms with van der Waals surface area (Å²) in [5.41, 5.74) is 4.30. The van der Waals surface area contributed by atoms with Gasteiger partial charge in [-0.25, -0.2) is 15.2 Å². The maximum atomic E-state index is 11.4. The van der Waals surface area contributed by atoms with Gasteiger partial charge < -0.3 is 4.74 Å². The minimum atomic E-state index is -0.310. The number of cyclic esters (lactones) is 1. The molecule has 17 heavy (non-hydrogen) atoms. The van der Waals surface area contributed by atoms with E-state index in [2.05, 4.69) is 12.0 Å². The molecule has 2 rings (SSSR count). The van der Waals surface area contributed by atoms with Crippen molar-refractivity contribution in [1.29, 1.82) is 0 Å². The Kier molecular flexibility index (Phi) is 3.77. The molecule has 1 aromatic rings. The van der Waals surface area contributed by atoms with Gasteiger partial charge in [-0.2, -0.15) is 0 Å². The molecule has 4 heteroatoms. The van der Waals surface area contributed by atoms with Gasteiger partial charge in [0.2, 0.25) is 0 Å². The highest BCUT2D eigenvalue weighted by Gasteiger charge is 2.24. The van der Waals surface area contributed by atoms with Crippen LogP contribution >= 0.6 is 0 Å². The van der Waals surface area contributed by atoms with E-state index < -0.39 is 0 Å². The summed E-state index contributed by atoms with van der Waals surface area (Å²) >= 11 is 0. The molecule has 0 saturated carbocycles. The molecule has 1 N–H and O–H groups in total. The minimum Gasteiger partial charge on any atom is -0.447 e. The van der Waals surface area contributed by atoms with Crippen molar-refractivity contribution in [2.24, 2.45) is 0 Å². The second-order valence-electron chi connectivity index (χ2n) is 3.88. The van der Waals surface area contributed by atoms with Crippen molar-refractivity contribution in [3.63, 3.8) is 0 Å². The molecule has 1 amide bonds. The van der Waals surface area contributed by atoms with E-state index in [9.17, 15) is 4.79 Å². The third-order valence-electron chi connectivity index (χ3n) is 2.68. The molecule has 0 spiro atoms. The smallest absolute Gasteiger partial charge is 0.424 e. The number of amides is 1. The van der Waals surface area contributed by atoms with E-state index in [-0.39, 0.29) is 12.1 Å². The van der Waals surface area contributed by atoms with E-state index in [4.69, 9.17) is 4.74 Å². The van der Waals surface area contributed by atoms with Gasteiger partial charge in [0.05, 0.1) is 12.6 Å². The zero-order valence-electron chi connectivity index (χ0n) is 9.63. The van der Waals surface area contributed by atoms with Crippen LogP contribution in [0.15, 0.2) is 43.0 Å². The topological polar surface area (TPSA) is 41.6 Å². The molecule has 1 aliphatic heterocycles. The summed E-state index contributed by atoms with van der Waals surface area (Å²) in [5.74, 6) is 0. The van der Waals surface area contributed by atoms with Crippen LogP contribution < -0.4 is 5.43 Å². The Morgan fingerprint density at radius 3 is 2.82 bits per heavy atom. The van der Waals surface area contributed by atoms with Gasteiger partial charge in [-0.1, -0.05) is 36.4 Å². The second-order valence-corrected chi connectivity index (χ2v) is 3.88. The lowest BCUT2D eigenvalue weighted by Crippen LogP contribution is -2.41. The molecule has 0 radical (unpaired) electrons. The van der Waals surface area contributed by atoms with E-state index in [0.29, 0.717) is 13.2 Å². The molecule has 0 bridgehead atoms. The SMILES string of the molecule is C=CC[C@H](NN1CCOC1=O)c1ccccc1. The summed E-state index contributed by atoms with van der Waals surface area (Å²) in [4.78, 5) is 11.4. The zero-order chi connectivity index (χ0) is 12.1. The van der Waals surface area contributed by atoms with Crippen molar-refractivity contribution < 1.29 is 9.53 Å². The number of nitrogens with zero attached hydrogens (tertiary/aromatic N) is 1. The summed E-state index contributed by atoms with van der Waals surface area (Å²) in [6.45, 7) is 4.77. The fourth-order valence-electron chi connectivity index (χ4n) is 1.81. The Morgan fingerprint density at radius 2 is 2.24 bits per heavy atom. The van der Waals surface area contributed by atoms with E-state index in [0.717, 1.165) is 12.0 Å². The number of carbonyl (C=O) groups excluding carboxylic acids is 1. The van der Waals surface area contributed by atoms with Crippen molar-refractivity contribution in [3.8, 4) is 0 Å². The molecule has 1 atom stereocenters. The second kappa shape index (κ2) is 5.50. The van der Waals surface area contributed by atoms with Gasteiger partial charge in [-0.3, -0.25) is 0 Å². The molecular formula is C13H16N2O2. The molecule has 1 fully saturated rings. The average Bonchev–Trinajstić information content (AvgIpc) is 2.76. The van der Waals surface area contributed by atoms with Crippen molar-refractivity contribution >= 4 is 6.09 Å². The van der Waals surface area contributed by atoms with Gasteiger partial charge in [-0.15, -0.1) is 6.58 Å². The minimum absolute atomic E-state index is 0.0550. The summed E-state index contributed by atoms with van der Waals surface area (Å²) in [6.07, 6.45) is 2.29. The molecule has 1 heterocycles. The van der Waals surface area contributed by atoms with Crippen molar-refractivity contribution in [2.45, 2.75) is 12.5 Å². The normalized spacial score (nSPS) is 16.7. The predicted molar refractivity (Wildman–Crippen MR) is 65.2 cm³/mol. The molecule has 0 unspecified atom stereocenters. The number of nitrogens with one attached hydrogen (secondary N) is 1. The largest absolute Gasteiger partial charge is 0.447 e. The first-order valence-electron chi connectivity index (χ1n) is 5.67. The van der Waals surface area contributed by atoms with Crippen LogP contribution in [0.4, 0.5) is 4.79 Å². The highest BCUT2D eigenvalue weighted by molar-refractivity contribution is 5.68. The van der Waals surface area contributed by atoms with E-state index in [1.54, 1.807) is 0 Å². The number of ether oxygens (including phenoxy) is 1. The molecule has 1 aliphatic rings. The summed E-state index contributed by atoms with van der Waals surface area (Å²) in [6, 6.07) is 10.0. The molecule has 90 valence electrons. The lowest BCUT2D eigenvalue weighted by Gasteiger charge is -2.23. The van der Waals surface area contributed by atoms with Crippen LogP contribution in [0.2, 0.25) is 0 Å². The van der Waals surface area contributed by atoms with Gasteiger partial charge in [0, 0.05) is 0 Å². The third-order valence-corrected chi connectivity index (χ3v) is 2.68. The molecule has 1 aromatic carbocycles. The number of benzene rings is 1. The summed E-state index contributed by atoms with van der Waals surface area (Å²) < 4.78 is 4.88. The maximum Gasteiger partial charge on any atom is 0.424 e. The highest BCUT2D eigenvalue weighted by Crippen LogP contribution is 2.18. The first-order valence-corrected chi connectivity index (χ1v) is 5.67. The molecule has 4 nitrogen and oxygen atoms in total. The average molecular weight is 232 g/mol. The Morgan fingerprint density at radius 1 is 1.47 bits per heavy atom. The van der Waals surface area contributed by atoms with Crippen LogP contribution in [0.1, 0.15) is 18.0 Å². The Balaban J connectivity index is 2.07. The number of hydrazine groups is 1. The number of carbonyl (C=O) groups is 1. The van der Waals surface area contributed by atoms with Crippen molar-refractivity contribution in [3.05, 3.63) is 48.6 Å². The van der Waals surface area contributed by atoms with E-state index >= 15 is 0 Å². The van der Waals surface area contributed by atoms with Gasteiger partial charge in [0.15, 0.2) is 0 Å². The zero-order valence-corrected chi connectivity index (χ0v) is 9.63. The Labute approximate surface area is 101 Å². The molecule has 1 saturated heterocycles. The van der Waals surface area contributed by atoms with Gasteiger partial charge in [0.1, 0.15) is 6.61 Å². The summed E-state index contributed by atoms with van der Waals surface area (Å²) in [7, 11) is 0. The van der Waals surface area contributed by atoms with Crippen LogP contribution in [0, 0.1) is 0 Å². The van der Waals surface area contributed by atoms with Crippen molar-refractivity contribution in [2.75, 3.05) is 13.2 Å². The maximum absolute atomic E-state index is 11.4. The van der Waals surface area contributed by atoms with Crippen LogP contribution in [0.3, 0.4) is 0 Å². The van der Waals surface area contributed by atoms with E-state index in [1.807, 2.05) is 36.4 Å². The van der Waals surface area contributed by atoms with Crippen molar-refractivity contribution in [1.82, 2.24) is 10.4 Å². The monoisotopic (exact) mass is 232 g/mol. The third kappa shape index (κ3) is 2.85. The summed E-state index contributed by atoms with van der Waals surface area (Å²) in [5, 5.41) is 1.52. The Hall–Kier alpha value is -1.81. The fraction of sp³-hybridized carbons (Fsp3) is 0.308. The van der Waals surface area contributed by atoms with Gasteiger partial charge in [0.25, 0.3) is 0 Å². The number of hydrogen-bond donors (Lipinski definition) is 1. The molecular weight excluding hydrogens is 216 g/mol. The van der Waals surface area contributed by atoms with Gasteiger partial charge in [-0.05, 0) is 12.0 Å². The standard InChI is InChI=1S/C13H16N2O2/c1-2-6-12(11-7-4-3-5-8-11)14-15-9-10-17-13(15)16/h2-5,7-8,12,14H,1,6,9-10H2/t12-/m0/s1. The molecule has 0 aliphatic carbocycles. The van der Waals surface area contributed by atoms with Crippen LogP contribution in [-0.4, -0.2) is 24.3 Å². The quantitative estimate of drug-likeness (QED) is 0.792.